The molecule has 0 saturated heterocycles. The standard InChI is InChI=1S/C23H40O2/c1-3-4-5-6-7-8-9-10-11-12-13-14-15-17-21-18-16-19-23(25-2)22(21)20-24/h16,18-19,24H,3-15,17,20H2,1-2H3. The van der Waals surface area contributed by atoms with Crippen LogP contribution in [0.2, 0.25) is 0 Å². The van der Waals surface area contributed by atoms with Gasteiger partial charge in [0.2, 0.25) is 0 Å². The Morgan fingerprint density at radius 3 is 1.76 bits per heavy atom. The summed E-state index contributed by atoms with van der Waals surface area (Å²) in [6, 6.07) is 6.07. The van der Waals surface area contributed by atoms with Gasteiger partial charge in [-0.3, -0.25) is 0 Å². The van der Waals surface area contributed by atoms with E-state index in [1.54, 1.807) is 7.11 Å². The molecule has 0 aliphatic rings. The predicted octanol–water partition coefficient (Wildman–Crippen LogP) is 6.82. The van der Waals surface area contributed by atoms with Gasteiger partial charge in [-0.2, -0.15) is 0 Å². The summed E-state index contributed by atoms with van der Waals surface area (Å²) in [6.45, 7) is 2.35. The number of unbranched alkanes of at least 4 members (excludes halogenated alkanes) is 12. The summed E-state index contributed by atoms with van der Waals surface area (Å²) in [5.74, 6) is 0.815. The lowest BCUT2D eigenvalue weighted by Gasteiger charge is -2.11. The molecule has 1 rings (SSSR count). The maximum atomic E-state index is 9.55. The third-order valence-corrected chi connectivity index (χ3v) is 5.16. The SMILES string of the molecule is CCCCCCCCCCCCCCCc1cccc(OC)c1CO. The molecular weight excluding hydrogens is 308 g/mol. The highest BCUT2D eigenvalue weighted by molar-refractivity contribution is 5.39. The number of aliphatic hydroxyl groups excluding tert-OH is 1. The smallest absolute Gasteiger partial charge is 0.124 e. The van der Waals surface area contributed by atoms with Crippen LogP contribution in [0.15, 0.2) is 18.2 Å². The molecule has 1 N–H and O–H groups in total. The Kier molecular flexibility index (Phi) is 13.4. The van der Waals surface area contributed by atoms with E-state index in [2.05, 4.69) is 13.0 Å². The minimum Gasteiger partial charge on any atom is -0.496 e. The molecule has 0 fully saturated rings. The first-order chi connectivity index (χ1) is 12.3. The van der Waals surface area contributed by atoms with Crippen LogP contribution in [-0.2, 0) is 13.0 Å². The Morgan fingerprint density at radius 2 is 1.28 bits per heavy atom. The molecule has 0 saturated carbocycles. The second-order valence-electron chi connectivity index (χ2n) is 7.25. The van der Waals surface area contributed by atoms with Crippen LogP contribution in [-0.4, -0.2) is 12.2 Å². The molecule has 0 bridgehead atoms. The lowest BCUT2D eigenvalue weighted by atomic mass is 9.99. The molecule has 0 radical (unpaired) electrons. The molecule has 0 aromatic heterocycles. The summed E-state index contributed by atoms with van der Waals surface area (Å²) < 4.78 is 5.34. The van der Waals surface area contributed by atoms with Crippen LogP contribution in [0.1, 0.15) is 102 Å². The summed E-state index contributed by atoms with van der Waals surface area (Å²) in [5.41, 5.74) is 2.20. The first-order valence-corrected chi connectivity index (χ1v) is 10.6. The lowest BCUT2D eigenvalue weighted by Crippen LogP contribution is -1.98. The summed E-state index contributed by atoms with van der Waals surface area (Å²) in [7, 11) is 1.67. The van der Waals surface area contributed by atoms with Gasteiger partial charge in [-0.25, -0.2) is 0 Å². The van der Waals surface area contributed by atoms with Crippen LogP contribution >= 0.6 is 0 Å². The number of hydrogen-bond donors (Lipinski definition) is 1. The maximum Gasteiger partial charge on any atom is 0.124 e. The van der Waals surface area contributed by atoms with Crippen molar-refractivity contribution in [1.82, 2.24) is 0 Å². The van der Waals surface area contributed by atoms with Crippen molar-refractivity contribution in [2.24, 2.45) is 0 Å². The highest BCUT2D eigenvalue weighted by Gasteiger charge is 2.07. The molecule has 144 valence electrons. The van der Waals surface area contributed by atoms with Crippen LogP contribution in [0, 0.1) is 0 Å². The van der Waals surface area contributed by atoms with Crippen molar-refractivity contribution >= 4 is 0 Å². The molecule has 0 unspecified atom stereocenters. The fourth-order valence-electron chi connectivity index (χ4n) is 3.55. The summed E-state index contributed by atoms with van der Waals surface area (Å²) in [6.07, 6.45) is 19.0. The molecule has 25 heavy (non-hydrogen) atoms. The van der Waals surface area contributed by atoms with Gasteiger partial charge in [-0.15, -0.1) is 0 Å². The highest BCUT2D eigenvalue weighted by Crippen LogP contribution is 2.24. The molecule has 0 aliphatic carbocycles. The second-order valence-corrected chi connectivity index (χ2v) is 7.25. The number of ether oxygens (including phenoxy) is 1. The van der Waals surface area contributed by atoms with Crippen molar-refractivity contribution < 1.29 is 9.84 Å². The molecule has 2 heteroatoms. The molecule has 0 spiro atoms. The third-order valence-electron chi connectivity index (χ3n) is 5.16. The Bertz CT molecular complexity index is 428. The predicted molar refractivity (Wildman–Crippen MR) is 108 cm³/mol. The zero-order chi connectivity index (χ0) is 18.2. The van der Waals surface area contributed by atoms with Crippen LogP contribution in [0.25, 0.3) is 0 Å². The van der Waals surface area contributed by atoms with Crippen molar-refractivity contribution in [3.05, 3.63) is 29.3 Å². The number of aliphatic hydroxyl groups is 1. The summed E-state index contributed by atoms with van der Waals surface area (Å²) >= 11 is 0. The zero-order valence-corrected chi connectivity index (χ0v) is 16.7. The lowest BCUT2D eigenvalue weighted by molar-refractivity contribution is 0.272. The van der Waals surface area contributed by atoms with E-state index < -0.39 is 0 Å². The number of hydrogen-bond acceptors (Lipinski definition) is 2. The van der Waals surface area contributed by atoms with Crippen molar-refractivity contribution in [1.29, 1.82) is 0 Å². The molecule has 0 atom stereocenters. The minimum atomic E-state index is 0.0673. The normalized spacial score (nSPS) is 11.0. The van der Waals surface area contributed by atoms with Crippen molar-refractivity contribution in [2.75, 3.05) is 7.11 Å². The van der Waals surface area contributed by atoms with Gasteiger partial charge in [-0.1, -0.05) is 96.1 Å². The maximum absolute atomic E-state index is 9.55. The van der Waals surface area contributed by atoms with E-state index >= 15 is 0 Å². The average Bonchev–Trinajstić information content (AvgIpc) is 2.65. The third kappa shape index (κ3) is 9.89. The number of benzene rings is 1. The van der Waals surface area contributed by atoms with Gasteiger partial charge in [0.05, 0.1) is 13.7 Å². The Balaban J connectivity index is 1.99. The van der Waals surface area contributed by atoms with Crippen LogP contribution < -0.4 is 4.74 Å². The van der Waals surface area contributed by atoms with Crippen molar-refractivity contribution in [3.8, 4) is 5.75 Å². The van der Waals surface area contributed by atoms with Gasteiger partial charge in [0.1, 0.15) is 5.75 Å². The number of aryl methyl sites for hydroxylation is 1. The number of methoxy groups -OCH3 is 1. The van der Waals surface area contributed by atoms with Gasteiger partial charge in [-0.05, 0) is 24.5 Å². The Morgan fingerprint density at radius 1 is 0.760 bits per heavy atom. The monoisotopic (exact) mass is 348 g/mol. The van der Waals surface area contributed by atoms with Crippen molar-refractivity contribution in [3.63, 3.8) is 0 Å². The molecule has 0 heterocycles. The van der Waals surface area contributed by atoms with E-state index in [4.69, 9.17) is 4.74 Å². The fourth-order valence-corrected chi connectivity index (χ4v) is 3.55. The quantitative estimate of drug-likeness (QED) is 0.332. The Hall–Kier alpha value is -1.02. The average molecular weight is 349 g/mol. The van der Waals surface area contributed by atoms with Gasteiger partial charge < -0.3 is 9.84 Å². The van der Waals surface area contributed by atoms with Gasteiger partial charge in [0.25, 0.3) is 0 Å². The summed E-state index contributed by atoms with van der Waals surface area (Å²) in [5, 5.41) is 9.55. The second kappa shape index (κ2) is 15.3. The van der Waals surface area contributed by atoms with E-state index in [1.165, 1.54) is 89.0 Å². The molecule has 2 nitrogen and oxygen atoms in total. The van der Waals surface area contributed by atoms with Gasteiger partial charge in [0.15, 0.2) is 0 Å². The van der Waals surface area contributed by atoms with Crippen molar-refractivity contribution in [2.45, 2.75) is 103 Å². The van der Waals surface area contributed by atoms with Crippen LogP contribution in [0.5, 0.6) is 5.75 Å². The van der Waals surface area contributed by atoms with E-state index in [1.807, 2.05) is 12.1 Å². The molecule has 1 aromatic carbocycles. The van der Waals surface area contributed by atoms with E-state index in [0.717, 1.165) is 17.7 Å². The van der Waals surface area contributed by atoms with Crippen LogP contribution in [0.3, 0.4) is 0 Å². The molecule has 0 aliphatic heterocycles. The number of rotatable bonds is 16. The van der Waals surface area contributed by atoms with Crippen LogP contribution in [0.4, 0.5) is 0 Å². The highest BCUT2D eigenvalue weighted by atomic mass is 16.5. The largest absolute Gasteiger partial charge is 0.496 e. The first-order valence-electron chi connectivity index (χ1n) is 10.6. The topological polar surface area (TPSA) is 29.5 Å². The molecule has 1 aromatic rings. The van der Waals surface area contributed by atoms with E-state index in [9.17, 15) is 5.11 Å². The van der Waals surface area contributed by atoms with E-state index in [0.29, 0.717) is 0 Å². The van der Waals surface area contributed by atoms with Gasteiger partial charge >= 0.3 is 0 Å². The van der Waals surface area contributed by atoms with Gasteiger partial charge in [0, 0.05) is 5.56 Å². The fraction of sp³-hybridized carbons (Fsp3) is 0.739. The molecule has 0 amide bonds. The van der Waals surface area contributed by atoms with E-state index in [-0.39, 0.29) is 6.61 Å². The molecular formula is C23H40O2. The summed E-state index contributed by atoms with van der Waals surface area (Å²) in [4.78, 5) is 0. The minimum absolute atomic E-state index is 0.0673. The first kappa shape index (κ1) is 22.0. The zero-order valence-electron chi connectivity index (χ0n) is 16.7. The Labute approximate surface area is 156 Å².